The number of thiazole rings is 1. The molecule has 3 aromatic heterocycles. The van der Waals surface area contributed by atoms with Crippen LogP contribution in [0.25, 0.3) is 99.1 Å². The number of furan rings is 1. The molecule has 0 atom stereocenters. The summed E-state index contributed by atoms with van der Waals surface area (Å²) < 4.78 is 7.87. The molecule has 0 radical (unpaired) electrons. The van der Waals surface area contributed by atoms with Gasteiger partial charge in [-0.05, 0) is 41.0 Å². The number of fused-ring (bicyclic) bond motifs is 4. The van der Waals surface area contributed by atoms with E-state index in [4.69, 9.17) is 24.4 Å². The highest BCUT2D eigenvalue weighted by Gasteiger charge is 2.20. The third kappa shape index (κ3) is 5.34. The van der Waals surface area contributed by atoms with Crippen molar-refractivity contribution in [3.8, 4) is 67.0 Å². The third-order valence-corrected chi connectivity index (χ3v) is 10.5. The molecule has 0 aliphatic heterocycles. The highest BCUT2D eigenvalue weighted by molar-refractivity contribution is 7.21. The van der Waals surface area contributed by atoms with Gasteiger partial charge in [-0.1, -0.05) is 146 Å². The minimum atomic E-state index is 0.590. The van der Waals surface area contributed by atoms with Gasteiger partial charge in [0.25, 0.3) is 0 Å². The summed E-state index contributed by atoms with van der Waals surface area (Å²) in [5.74, 6) is 1.82. The zero-order chi connectivity index (χ0) is 34.4. The van der Waals surface area contributed by atoms with Crippen LogP contribution in [-0.2, 0) is 0 Å². The van der Waals surface area contributed by atoms with Crippen LogP contribution in [0.5, 0.6) is 0 Å². The Hall–Kier alpha value is -6.76. The predicted molar refractivity (Wildman–Crippen MR) is 213 cm³/mol. The average molecular weight is 685 g/mol. The van der Waals surface area contributed by atoms with Crippen LogP contribution in [0, 0.1) is 0 Å². The molecule has 0 N–H and O–H groups in total. The largest absolute Gasteiger partial charge is 0.455 e. The number of hydrogen-bond acceptors (Lipinski definition) is 6. The maximum atomic E-state index is 6.69. The van der Waals surface area contributed by atoms with Crippen LogP contribution in [-0.4, -0.2) is 19.9 Å². The summed E-state index contributed by atoms with van der Waals surface area (Å²) in [6, 6.07) is 58.1. The van der Waals surface area contributed by atoms with E-state index in [0.29, 0.717) is 17.5 Å². The second-order valence-corrected chi connectivity index (χ2v) is 13.7. The maximum Gasteiger partial charge on any atom is 0.164 e. The summed E-state index contributed by atoms with van der Waals surface area (Å²) in [6.45, 7) is 0. The lowest BCUT2D eigenvalue weighted by Crippen LogP contribution is -2.00. The number of rotatable bonds is 6. The molecule has 0 aliphatic carbocycles. The van der Waals surface area contributed by atoms with Crippen molar-refractivity contribution in [2.24, 2.45) is 0 Å². The van der Waals surface area contributed by atoms with E-state index in [1.807, 2.05) is 54.6 Å². The van der Waals surface area contributed by atoms with E-state index in [9.17, 15) is 0 Å². The van der Waals surface area contributed by atoms with Gasteiger partial charge in [0.15, 0.2) is 17.5 Å². The van der Waals surface area contributed by atoms with Gasteiger partial charge in [-0.3, -0.25) is 0 Å². The molecule has 0 aliphatic rings. The number of benzene rings is 7. The molecule has 5 nitrogen and oxygen atoms in total. The fraction of sp³-hybridized carbons (Fsp3) is 0. The van der Waals surface area contributed by atoms with E-state index in [1.54, 1.807) is 11.3 Å². The SMILES string of the molecule is c1ccc(-c2ccc(-c3nc(-c4ccccc4)nc(-c4cccc5oc6c(-c7cccc(-c8nc9ccccc9s8)c7)cccc6c45)n3)cc2)cc1. The second kappa shape index (κ2) is 12.5. The van der Waals surface area contributed by atoms with Crippen molar-refractivity contribution < 1.29 is 4.42 Å². The van der Waals surface area contributed by atoms with Gasteiger partial charge in [-0.25, -0.2) is 19.9 Å². The number of aromatic nitrogens is 4. The summed E-state index contributed by atoms with van der Waals surface area (Å²) >= 11 is 1.71. The molecule has 6 heteroatoms. The second-order valence-electron chi connectivity index (χ2n) is 12.6. The lowest BCUT2D eigenvalue weighted by molar-refractivity contribution is 0.670. The number of hydrogen-bond donors (Lipinski definition) is 0. The molecule has 0 saturated heterocycles. The number of para-hydroxylation sites is 2. The molecular weight excluding hydrogens is 657 g/mol. The zero-order valence-corrected chi connectivity index (χ0v) is 28.6. The fourth-order valence-corrected chi connectivity index (χ4v) is 7.82. The van der Waals surface area contributed by atoms with Crippen LogP contribution in [0.1, 0.15) is 0 Å². The Morgan fingerprint density at radius 3 is 1.77 bits per heavy atom. The van der Waals surface area contributed by atoms with Crippen molar-refractivity contribution in [1.82, 2.24) is 19.9 Å². The summed E-state index contributed by atoms with van der Waals surface area (Å²) in [6.07, 6.45) is 0. The standard InChI is InChI=1S/C46H28N4OS/c1-3-12-29(13-4-1)30-24-26-32(27-25-30)44-48-43(31-14-5-2-6-15-31)49-45(50-44)37-20-11-22-39-41(37)36-19-10-18-35(42(36)51-39)33-16-9-17-34(28-33)46-47-38-21-7-8-23-40(38)52-46/h1-28H. The van der Waals surface area contributed by atoms with E-state index >= 15 is 0 Å². The lowest BCUT2D eigenvalue weighted by Gasteiger charge is -2.10. The Morgan fingerprint density at radius 1 is 0.404 bits per heavy atom. The third-order valence-electron chi connectivity index (χ3n) is 9.40. The van der Waals surface area contributed by atoms with Gasteiger partial charge in [0.05, 0.1) is 10.2 Å². The Bertz CT molecular complexity index is 2860. The monoisotopic (exact) mass is 684 g/mol. The van der Waals surface area contributed by atoms with Gasteiger partial charge >= 0.3 is 0 Å². The van der Waals surface area contributed by atoms with Crippen molar-refractivity contribution in [3.63, 3.8) is 0 Å². The Kier molecular flexibility index (Phi) is 7.25. The molecule has 0 bridgehead atoms. The van der Waals surface area contributed by atoms with Crippen molar-refractivity contribution in [2.75, 3.05) is 0 Å². The van der Waals surface area contributed by atoms with E-state index in [2.05, 4.69) is 115 Å². The van der Waals surface area contributed by atoms with Crippen LogP contribution >= 0.6 is 11.3 Å². The highest BCUT2D eigenvalue weighted by Crippen LogP contribution is 2.41. The van der Waals surface area contributed by atoms with Gasteiger partial charge in [-0.2, -0.15) is 0 Å². The molecule has 0 saturated carbocycles. The molecule has 244 valence electrons. The van der Waals surface area contributed by atoms with Crippen molar-refractivity contribution in [1.29, 1.82) is 0 Å². The topological polar surface area (TPSA) is 64.7 Å². The Labute approximate surface area is 303 Å². The molecule has 3 heterocycles. The first-order valence-electron chi connectivity index (χ1n) is 17.1. The first-order valence-corrected chi connectivity index (χ1v) is 18.0. The van der Waals surface area contributed by atoms with Crippen LogP contribution < -0.4 is 0 Å². The van der Waals surface area contributed by atoms with Crippen molar-refractivity contribution in [3.05, 3.63) is 170 Å². The average Bonchev–Trinajstić information content (AvgIpc) is 3.84. The van der Waals surface area contributed by atoms with Gasteiger partial charge < -0.3 is 4.42 Å². The van der Waals surface area contributed by atoms with Crippen molar-refractivity contribution in [2.45, 2.75) is 0 Å². The van der Waals surface area contributed by atoms with E-state index < -0.39 is 0 Å². The quantitative estimate of drug-likeness (QED) is 0.174. The van der Waals surface area contributed by atoms with Gasteiger partial charge in [0.2, 0.25) is 0 Å². The molecule has 7 aromatic carbocycles. The van der Waals surface area contributed by atoms with E-state index in [0.717, 1.165) is 77.0 Å². The Balaban J connectivity index is 1.11. The highest BCUT2D eigenvalue weighted by atomic mass is 32.1. The maximum absolute atomic E-state index is 6.69. The summed E-state index contributed by atoms with van der Waals surface area (Å²) in [5, 5.41) is 2.97. The molecule has 10 rings (SSSR count). The predicted octanol–water partition coefficient (Wildman–Crippen LogP) is 12.4. The first-order chi connectivity index (χ1) is 25.7. The van der Waals surface area contributed by atoms with Gasteiger partial charge in [0, 0.05) is 38.6 Å². The fourth-order valence-electron chi connectivity index (χ4n) is 6.86. The van der Waals surface area contributed by atoms with Crippen molar-refractivity contribution >= 4 is 43.5 Å². The lowest BCUT2D eigenvalue weighted by atomic mass is 9.99. The normalized spacial score (nSPS) is 11.5. The molecule has 0 spiro atoms. The summed E-state index contributed by atoms with van der Waals surface area (Å²) in [5.41, 5.74) is 10.8. The molecular formula is C46H28N4OS. The molecule has 0 fully saturated rings. The summed E-state index contributed by atoms with van der Waals surface area (Å²) in [4.78, 5) is 20.1. The summed E-state index contributed by atoms with van der Waals surface area (Å²) in [7, 11) is 0. The van der Waals surface area contributed by atoms with Crippen LogP contribution in [0.2, 0.25) is 0 Å². The minimum Gasteiger partial charge on any atom is -0.455 e. The smallest absolute Gasteiger partial charge is 0.164 e. The minimum absolute atomic E-state index is 0.590. The Morgan fingerprint density at radius 2 is 0.981 bits per heavy atom. The van der Waals surface area contributed by atoms with E-state index in [-0.39, 0.29) is 0 Å². The van der Waals surface area contributed by atoms with Gasteiger partial charge in [-0.15, -0.1) is 11.3 Å². The molecule has 0 unspecified atom stereocenters. The van der Waals surface area contributed by atoms with Crippen LogP contribution in [0.4, 0.5) is 0 Å². The zero-order valence-electron chi connectivity index (χ0n) is 27.8. The van der Waals surface area contributed by atoms with E-state index in [1.165, 1.54) is 4.70 Å². The van der Waals surface area contributed by atoms with Crippen LogP contribution in [0.15, 0.2) is 174 Å². The van der Waals surface area contributed by atoms with Crippen LogP contribution in [0.3, 0.4) is 0 Å². The molecule has 52 heavy (non-hydrogen) atoms. The first kappa shape index (κ1) is 30.1. The molecule has 0 amide bonds. The molecule has 10 aromatic rings. The van der Waals surface area contributed by atoms with Gasteiger partial charge in [0.1, 0.15) is 16.2 Å². The number of nitrogens with zero attached hydrogens (tertiary/aromatic N) is 4.